The third-order valence-electron chi connectivity index (χ3n) is 2.71. The summed E-state index contributed by atoms with van der Waals surface area (Å²) in [7, 11) is 0. The molecule has 0 saturated heterocycles. The number of carboxylic acids is 1. The van der Waals surface area contributed by atoms with Crippen molar-refractivity contribution in [2.24, 2.45) is 5.92 Å². The standard InChI is InChI=1S/C13H24N2O5/c1-7(2)5-10(11(17)6-12(18)19)15-13(20)8(3)14-9(4)16/h7-8,10-11,17H,5-6H2,1-4H3,(H,14,16)(H,15,20)(H,18,19)/t8-,10-,11-/m0/s1. The highest BCUT2D eigenvalue weighted by molar-refractivity contribution is 5.86. The summed E-state index contributed by atoms with van der Waals surface area (Å²) in [5.41, 5.74) is 0. The summed E-state index contributed by atoms with van der Waals surface area (Å²) < 4.78 is 0. The molecule has 0 saturated carbocycles. The third-order valence-corrected chi connectivity index (χ3v) is 2.71. The molecule has 0 aromatic rings. The molecule has 0 fully saturated rings. The first kappa shape index (κ1) is 18.4. The molecule has 7 heteroatoms. The Labute approximate surface area is 118 Å². The second kappa shape index (κ2) is 8.52. The van der Waals surface area contributed by atoms with Crippen LogP contribution in [0.5, 0.6) is 0 Å². The van der Waals surface area contributed by atoms with Crippen LogP contribution in [0.2, 0.25) is 0 Å². The van der Waals surface area contributed by atoms with Crippen molar-refractivity contribution in [3.05, 3.63) is 0 Å². The van der Waals surface area contributed by atoms with Gasteiger partial charge in [-0.1, -0.05) is 13.8 Å². The van der Waals surface area contributed by atoms with Gasteiger partial charge in [0.25, 0.3) is 0 Å². The topological polar surface area (TPSA) is 116 Å². The number of hydrogen-bond acceptors (Lipinski definition) is 4. The maximum absolute atomic E-state index is 11.9. The Morgan fingerprint density at radius 1 is 1.10 bits per heavy atom. The lowest BCUT2D eigenvalue weighted by atomic mass is 9.97. The first-order valence-corrected chi connectivity index (χ1v) is 6.60. The van der Waals surface area contributed by atoms with Crippen LogP contribution in [0.4, 0.5) is 0 Å². The van der Waals surface area contributed by atoms with E-state index in [2.05, 4.69) is 10.6 Å². The normalized spacial score (nSPS) is 15.3. The van der Waals surface area contributed by atoms with Gasteiger partial charge in [-0.25, -0.2) is 0 Å². The molecule has 0 aliphatic carbocycles. The summed E-state index contributed by atoms with van der Waals surface area (Å²) >= 11 is 0. The molecule has 0 bridgehead atoms. The SMILES string of the molecule is CC(=O)N[C@@H](C)C(=O)N[C@@H](CC(C)C)[C@@H](O)CC(=O)O. The van der Waals surface area contributed by atoms with Crippen molar-refractivity contribution >= 4 is 17.8 Å². The average molecular weight is 288 g/mol. The minimum Gasteiger partial charge on any atom is -0.481 e. The number of carboxylic acid groups (broad SMARTS) is 1. The summed E-state index contributed by atoms with van der Waals surface area (Å²) in [6.45, 7) is 6.63. The highest BCUT2D eigenvalue weighted by Crippen LogP contribution is 2.11. The van der Waals surface area contributed by atoms with E-state index < -0.39 is 36.5 Å². The van der Waals surface area contributed by atoms with Crippen LogP contribution in [0.25, 0.3) is 0 Å². The number of aliphatic carboxylic acids is 1. The molecule has 4 N–H and O–H groups in total. The van der Waals surface area contributed by atoms with Gasteiger partial charge < -0.3 is 20.8 Å². The number of rotatable bonds is 8. The highest BCUT2D eigenvalue weighted by Gasteiger charge is 2.26. The van der Waals surface area contributed by atoms with Gasteiger partial charge in [-0.3, -0.25) is 14.4 Å². The number of amides is 2. The Bertz CT molecular complexity index is 357. The van der Waals surface area contributed by atoms with E-state index in [4.69, 9.17) is 5.11 Å². The van der Waals surface area contributed by atoms with Crippen LogP contribution in [0.15, 0.2) is 0 Å². The number of carbonyl (C=O) groups is 3. The maximum atomic E-state index is 11.9. The molecular formula is C13H24N2O5. The number of hydrogen-bond donors (Lipinski definition) is 4. The second-order valence-electron chi connectivity index (χ2n) is 5.33. The molecule has 0 radical (unpaired) electrons. The van der Waals surface area contributed by atoms with Crippen molar-refractivity contribution in [2.75, 3.05) is 0 Å². The molecule has 0 unspecified atom stereocenters. The van der Waals surface area contributed by atoms with Gasteiger partial charge in [-0.2, -0.15) is 0 Å². The summed E-state index contributed by atoms with van der Waals surface area (Å²) in [4.78, 5) is 33.4. The number of aliphatic hydroxyl groups excluding tert-OH is 1. The lowest BCUT2D eigenvalue weighted by molar-refractivity contribution is -0.140. The molecule has 0 aliphatic heterocycles. The molecule has 20 heavy (non-hydrogen) atoms. The van der Waals surface area contributed by atoms with Gasteiger partial charge in [0.2, 0.25) is 11.8 Å². The smallest absolute Gasteiger partial charge is 0.306 e. The van der Waals surface area contributed by atoms with E-state index in [1.807, 2.05) is 13.8 Å². The van der Waals surface area contributed by atoms with Gasteiger partial charge in [-0.05, 0) is 19.3 Å². The number of aliphatic hydroxyl groups is 1. The predicted molar refractivity (Wildman–Crippen MR) is 72.9 cm³/mol. The van der Waals surface area contributed by atoms with Crippen LogP contribution in [0.1, 0.15) is 40.5 Å². The Morgan fingerprint density at radius 3 is 2.05 bits per heavy atom. The lowest BCUT2D eigenvalue weighted by Gasteiger charge is -2.26. The Hall–Kier alpha value is -1.63. The van der Waals surface area contributed by atoms with Crippen molar-refractivity contribution in [3.8, 4) is 0 Å². The van der Waals surface area contributed by atoms with Crippen molar-refractivity contribution in [1.82, 2.24) is 10.6 Å². The van der Waals surface area contributed by atoms with E-state index in [0.29, 0.717) is 6.42 Å². The van der Waals surface area contributed by atoms with E-state index in [0.717, 1.165) is 0 Å². The predicted octanol–water partition coefficient (Wildman–Crippen LogP) is -0.122. The molecule has 0 spiro atoms. The van der Waals surface area contributed by atoms with E-state index in [1.54, 1.807) is 0 Å². The molecule has 0 aliphatic rings. The number of nitrogens with one attached hydrogen (secondary N) is 2. The molecular weight excluding hydrogens is 264 g/mol. The fourth-order valence-electron chi connectivity index (χ4n) is 1.82. The van der Waals surface area contributed by atoms with Gasteiger partial charge in [0.1, 0.15) is 6.04 Å². The van der Waals surface area contributed by atoms with Gasteiger partial charge in [0, 0.05) is 6.92 Å². The monoisotopic (exact) mass is 288 g/mol. The molecule has 3 atom stereocenters. The van der Waals surface area contributed by atoms with E-state index in [-0.39, 0.29) is 11.8 Å². The summed E-state index contributed by atoms with van der Waals surface area (Å²) in [6, 6.07) is -1.39. The maximum Gasteiger partial charge on any atom is 0.306 e. The highest BCUT2D eigenvalue weighted by atomic mass is 16.4. The van der Waals surface area contributed by atoms with Gasteiger partial charge in [0.15, 0.2) is 0 Å². The van der Waals surface area contributed by atoms with E-state index in [9.17, 15) is 19.5 Å². The first-order chi connectivity index (χ1) is 9.13. The van der Waals surface area contributed by atoms with Gasteiger partial charge in [-0.15, -0.1) is 0 Å². The van der Waals surface area contributed by atoms with E-state index >= 15 is 0 Å². The van der Waals surface area contributed by atoms with Crippen LogP contribution in [-0.4, -0.2) is 46.2 Å². The molecule has 0 aromatic carbocycles. The van der Waals surface area contributed by atoms with Gasteiger partial charge >= 0.3 is 5.97 Å². The van der Waals surface area contributed by atoms with Crippen LogP contribution in [0.3, 0.4) is 0 Å². The Morgan fingerprint density at radius 2 is 1.65 bits per heavy atom. The molecule has 2 amide bonds. The summed E-state index contributed by atoms with van der Waals surface area (Å²) in [6.07, 6.45) is -1.15. The van der Waals surface area contributed by atoms with Crippen molar-refractivity contribution in [2.45, 2.75) is 58.7 Å². The first-order valence-electron chi connectivity index (χ1n) is 6.60. The Kier molecular flexibility index (Phi) is 7.83. The van der Waals surface area contributed by atoms with Crippen LogP contribution in [0, 0.1) is 5.92 Å². The van der Waals surface area contributed by atoms with Gasteiger partial charge in [0.05, 0.1) is 18.6 Å². The second-order valence-corrected chi connectivity index (χ2v) is 5.33. The van der Waals surface area contributed by atoms with E-state index in [1.165, 1.54) is 13.8 Å². The minimum absolute atomic E-state index is 0.180. The van der Waals surface area contributed by atoms with Crippen molar-refractivity contribution < 1.29 is 24.6 Å². The largest absolute Gasteiger partial charge is 0.481 e. The zero-order valence-corrected chi connectivity index (χ0v) is 12.3. The molecule has 116 valence electrons. The Balaban J connectivity index is 4.66. The zero-order chi connectivity index (χ0) is 15.9. The molecule has 0 rings (SSSR count). The fraction of sp³-hybridized carbons (Fsp3) is 0.769. The zero-order valence-electron chi connectivity index (χ0n) is 12.3. The third kappa shape index (κ3) is 7.73. The molecule has 0 heterocycles. The van der Waals surface area contributed by atoms with Crippen LogP contribution < -0.4 is 10.6 Å². The quantitative estimate of drug-likeness (QED) is 0.497. The average Bonchev–Trinajstić information content (AvgIpc) is 2.25. The summed E-state index contributed by atoms with van der Waals surface area (Å²) in [5.74, 6) is -1.73. The van der Waals surface area contributed by atoms with Crippen molar-refractivity contribution in [3.63, 3.8) is 0 Å². The van der Waals surface area contributed by atoms with Crippen LogP contribution in [-0.2, 0) is 14.4 Å². The lowest BCUT2D eigenvalue weighted by Crippen LogP contribution is -2.51. The summed E-state index contributed by atoms with van der Waals surface area (Å²) in [5, 5.41) is 23.6. The van der Waals surface area contributed by atoms with Crippen molar-refractivity contribution in [1.29, 1.82) is 0 Å². The van der Waals surface area contributed by atoms with Crippen LogP contribution >= 0.6 is 0 Å². The molecule has 7 nitrogen and oxygen atoms in total. The number of carbonyl (C=O) groups excluding carboxylic acids is 2. The fourth-order valence-corrected chi connectivity index (χ4v) is 1.82. The molecule has 0 aromatic heterocycles. The minimum atomic E-state index is -1.16.